The standard InChI is InChI=1S/C7H9NOS2/c1-5(8-9)7-6(10-2)3-4-11-7/h3-4,9H,1-2H3/b8-5-. The summed E-state index contributed by atoms with van der Waals surface area (Å²) in [5.41, 5.74) is 0.685. The van der Waals surface area contributed by atoms with Crippen LogP contribution in [0.1, 0.15) is 11.8 Å². The van der Waals surface area contributed by atoms with Crippen LogP contribution in [0.4, 0.5) is 0 Å². The lowest BCUT2D eigenvalue weighted by molar-refractivity contribution is 0.319. The summed E-state index contributed by atoms with van der Waals surface area (Å²) in [5, 5.41) is 13.7. The molecule has 60 valence electrons. The Kier molecular flexibility index (Phi) is 2.96. The van der Waals surface area contributed by atoms with Crippen LogP contribution in [0, 0.1) is 0 Å². The summed E-state index contributed by atoms with van der Waals surface area (Å²) >= 11 is 3.26. The van der Waals surface area contributed by atoms with Crippen molar-refractivity contribution in [3.63, 3.8) is 0 Å². The molecule has 0 aliphatic rings. The van der Waals surface area contributed by atoms with Crippen molar-refractivity contribution in [3.05, 3.63) is 16.3 Å². The summed E-state index contributed by atoms with van der Waals surface area (Å²) in [4.78, 5) is 2.23. The quantitative estimate of drug-likeness (QED) is 0.334. The number of hydrogen-bond acceptors (Lipinski definition) is 4. The zero-order chi connectivity index (χ0) is 8.27. The Balaban J connectivity index is 3.02. The maximum Gasteiger partial charge on any atom is 0.0947 e. The van der Waals surface area contributed by atoms with Gasteiger partial charge in [-0.15, -0.1) is 23.1 Å². The van der Waals surface area contributed by atoms with Crippen molar-refractivity contribution in [2.24, 2.45) is 5.16 Å². The van der Waals surface area contributed by atoms with E-state index in [1.807, 2.05) is 17.7 Å². The minimum Gasteiger partial charge on any atom is -0.411 e. The topological polar surface area (TPSA) is 32.6 Å². The molecular formula is C7H9NOS2. The highest BCUT2D eigenvalue weighted by Gasteiger charge is 2.05. The SMILES string of the molecule is CSc1ccsc1/C(C)=N\O. The van der Waals surface area contributed by atoms with Crippen LogP contribution in [0.3, 0.4) is 0 Å². The highest BCUT2D eigenvalue weighted by Crippen LogP contribution is 2.25. The molecule has 0 saturated heterocycles. The third-order valence-corrected chi connectivity index (χ3v) is 3.26. The van der Waals surface area contributed by atoms with Gasteiger partial charge in [-0.1, -0.05) is 5.16 Å². The van der Waals surface area contributed by atoms with Gasteiger partial charge in [0.1, 0.15) is 0 Å². The average Bonchev–Trinajstić information content (AvgIpc) is 2.50. The van der Waals surface area contributed by atoms with E-state index >= 15 is 0 Å². The molecule has 0 atom stereocenters. The van der Waals surface area contributed by atoms with Crippen LogP contribution in [0.15, 0.2) is 21.5 Å². The fourth-order valence-electron chi connectivity index (χ4n) is 0.767. The van der Waals surface area contributed by atoms with Crippen molar-refractivity contribution in [1.82, 2.24) is 0 Å². The van der Waals surface area contributed by atoms with Gasteiger partial charge in [0, 0.05) is 4.90 Å². The Hall–Kier alpha value is -0.480. The molecule has 1 heterocycles. The monoisotopic (exact) mass is 187 g/mol. The highest BCUT2D eigenvalue weighted by molar-refractivity contribution is 7.98. The number of hydrogen-bond donors (Lipinski definition) is 1. The van der Waals surface area contributed by atoms with Crippen LogP contribution < -0.4 is 0 Å². The van der Waals surface area contributed by atoms with Gasteiger partial charge >= 0.3 is 0 Å². The summed E-state index contributed by atoms with van der Waals surface area (Å²) in [5.74, 6) is 0. The van der Waals surface area contributed by atoms with Crippen molar-refractivity contribution in [3.8, 4) is 0 Å². The van der Waals surface area contributed by atoms with Crippen LogP contribution in [0.2, 0.25) is 0 Å². The zero-order valence-corrected chi connectivity index (χ0v) is 8.00. The van der Waals surface area contributed by atoms with Gasteiger partial charge < -0.3 is 5.21 Å². The molecule has 0 unspecified atom stereocenters. The molecule has 1 N–H and O–H groups in total. The minimum absolute atomic E-state index is 0.685. The Labute approximate surface area is 73.9 Å². The van der Waals surface area contributed by atoms with Gasteiger partial charge in [0.15, 0.2) is 0 Å². The first kappa shape index (κ1) is 8.62. The van der Waals surface area contributed by atoms with Crippen molar-refractivity contribution in [1.29, 1.82) is 0 Å². The molecule has 0 aliphatic heterocycles. The minimum atomic E-state index is 0.685. The third-order valence-electron chi connectivity index (χ3n) is 1.33. The highest BCUT2D eigenvalue weighted by atomic mass is 32.2. The summed E-state index contributed by atoms with van der Waals surface area (Å²) in [6.07, 6.45) is 2.01. The Morgan fingerprint density at radius 1 is 1.73 bits per heavy atom. The molecule has 11 heavy (non-hydrogen) atoms. The van der Waals surface area contributed by atoms with Gasteiger partial charge in [0.25, 0.3) is 0 Å². The molecule has 0 bridgehead atoms. The molecule has 0 fully saturated rings. The molecule has 1 aromatic rings. The van der Waals surface area contributed by atoms with E-state index in [0.717, 1.165) is 4.88 Å². The number of nitrogens with zero attached hydrogens (tertiary/aromatic N) is 1. The largest absolute Gasteiger partial charge is 0.411 e. The first-order chi connectivity index (χ1) is 5.29. The van der Waals surface area contributed by atoms with Crippen LogP contribution >= 0.6 is 23.1 Å². The molecule has 4 heteroatoms. The summed E-state index contributed by atoms with van der Waals surface area (Å²) < 4.78 is 0. The van der Waals surface area contributed by atoms with Crippen LogP contribution in [0.5, 0.6) is 0 Å². The molecule has 0 radical (unpaired) electrons. The van der Waals surface area contributed by atoms with Crippen LogP contribution in [0.25, 0.3) is 0 Å². The van der Waals surface area contributed by atoms with E-state index in [0.29, 0.717) is 5.71 Å². The number of oxime groups is 1. The predicted molar refractivity (Wildman–Crippen MR) is 50.1 cm³/mol. The Morgan fingerprint density at radius 3 is 3.00 bits per heavy atom. The third kappa shape index (κ3) is 1.75. The first-order valence-electron chi connectivity index (χ1n) is 3.10. The predicted octanol–water partition coefficient (Wildman–Crippen LogP) is 2.67. The number of rotatable bonds is 2. The van der Waals surface area contributed by atoms with Gasteiger partial charge in [0.2, 0.25) is 0 Å². The molecule has 0 amide bonds. The number of thiophene rings is 1. The Bertz CT molecular complexity index is 267. The lowest BCUT2D eigenvalue weighted by Crippen LogP contribution is -1.91. The van der Waals surface area contributed by atoms with Crippen molar-refractivity contribution in [2.75, 3.05) is 6.26 Å². The fourth-order valence-corrected chi connectivity index (χ4v) is 2.52. The molecule has 0 aliphatic carbocycles. The molecule has 0 spiro atoms. The van der Waals surface area contributed by atoms with E-state index in [9.17, 15) is 0 Å². The Morgan fingerprint density at radius 2 is 2.45 bits per heavy atom. The van der Waals surface area contributed by atoms with Gasteiger partial charge in [0.05, 0.1) is 10.6 Å². The van der Waals surface area contributed by atoms with Gasteiger partial charge in [-0.2, -0.15) is 0 Å². The second kappa shape index (κ2) is 3.78. The molecule has 1 aromatic heterocycles. The smallest absolute Gasteiger partial charge is 0.0947 e. The zero-order valence-electron chi connectivity index (χ0n) is 6.37. The summed E-state index contributed by atoms with van der Waals surface area (Å²) in [7, 11) is 0. The lowest BCUT2D eigenvalue weighted by Gasteiger charge is -1.95. The maximum atomic E-state index is 8.51. The van der Waals surface area contributed by atoms with Crippen molar-refractivity contribution >= 4 is 28.8 Å². The summed E-state index contributed by atoms with van der Waals surface area (Å²) in [6, 6.07) is 2.03. The molecule has 0 saturated carbocycles. The number of thioether (sulfide) groups is 1. The van der Waals surface area contributed by atoms with E-state index in [1.54, 1.807) is 30.0 Å². The van der Waals surface area contributed by atoms with Crippen LogP contribution in [-0.2, 0) is 0 Å². The average molecular weight is 187 g/mol. The fraction of sp³-hybridized carbons (Fsp3) is 0.286. The van der Waals surface area contributed by atoms with Gasteiger partial charge in [-0.05, 0) is 24.6 Å². The van der Waals surface area contributed by atoms with Crippen molar-refractivity contribution in [2.45, 2.75) is 11.8 Å². The normalized spacial score (nSPS) is 12.0. The van der Waals surface area contributed by atoms with E-state index in [2.05, 4.69) is 5.16 Å². The molecule has 0 aromatic carbocycles. The van der Waals surface area contributed by atoms with E-state index < -0.39 is 0 Å². The van der Waals surface area contributed by atoms with E-state index in [4.69, 9.17) is 5.21 Å². The van der Waals surface area contributed by atoms with E-state index in [-0.39, 0.29) is 0 Å². The lowest BCUT2D eigenvalue weighted by atomic mass is 10.3. The second-order valence-corrected chi connectivity index (χ2v) is 3.77. The molecule has 2 nitrogen and oxygen atoms in total. The second-order valence-electron chi connectivity index (χ2n) is 2.00. The van der Waals surface area contributed by atoms with Crippen LogP contribution in [-0.4, -0.2) is 17.2 Å². The maximum absolute atomic E-state index is 8.51. The van der Waals surface area contributed by atoms with E-state index in [1.165, 1.54) is 4.90 Å². The molecular weight excluding hydrogens is 178 g/mol. The van der Waals surface area contributed by atoms with Gasteiger partial charge in [-0.25, -0.2) is 0 Å². The van der Waals surface area contributed by atoms with Gasteiger partial charge in [-0.3, -0.25) is 0 Å². The summed E-state index contributed by atoms with van der Waals surface area (Å²) in [6.45, 7) is 1.80. The molecule has 1 rings (SSSR count). The first-order valence-corrected chi connectivity index (χ1v) is 5.20. The van der Waals surface area contributed by atoms with Crippen molar-refractivity contribution < 1.29 is 5.21 Å².